The fraction of sp³-hybridized carbons (Fsp3) is 0.100. The molecule has 1 aromatic carbocycles. The lowest BCUT2D eigenvalue weighted by Crippen LogP contribution is -1.76. The van der Waals surface area contributed by atoms with E-state index < -0.39 is 0 Å². The van der Waals surface area contributed by atoms with E-state index in [1.807, 2.05) is 31.2 Å². The van der Waals surface area contributed by atoms with Crippen LogP contribution < -0.4 is 0 Å². The third-order valence-corrected chi connectivity index (χ3v) is 2.63. The fourth-order valence-corrected chi connectivity index (χ4v) is 1.95. The first kappa shape index (κ1) is 9.74. The van der Waals surface area contributed by atoms with Crippen molar-refractivity contribution >= 4 is 27.5 Å². The lowest BCUT2D eigenvalue weighted by molar-refractivity contribution is 0.427. The van der Waals surface area contributed by atoms with Gasteiger partial charge in [-0.25, -0.2) is 0 Å². The maximum Gasteiger partial charge on any atom is 0.168 e. The van der Waals surface area contributed by atoms with Crippen molar-refractivity contribution in [2.24, 2.45) is 0 Å². The molecule has 0 bridgehead atoms. The van der Waals surface area contributed by atoms with E-state index in [1.54, 1.807) is 0 Å². The summed E-state index contributed by atoms with van der Waals surface area (Å²) in [4.78, 5) is 0. The minimum absolute atomic E-state index is 0.649. The van der Waals surface area contributed by atoms with Gasteiger partial charge in [-0.3, -0.25) is 0 Å². The second kappa shape index (κ2) is 3.75. The maximum absolute atomic E-state index is 6.06. The van der Waals surface area contributed by atoms with Crippen LogP contribution in [0.25, 0.3) is 11.3 Å². The van der Waals surface area contributed by atoms with Gasteiger partial charge in [0.05, 0.1) is 10.7 Å². The van der Waals surface area contributed by atoms with Crippen molar-refractivity contribution < 1.29 is 4.52 Å². The van der Waals surface area contributed by atoms with E-state index in [0.29, 0.717) is 10.8 Å². The van der Waals surface area contributed by atoms with E-state index >= 15 is 0 Å². The van der Waals surface area contributed by atoms with Crippen LogP contribution in [0, 0.1) is 6.92 Å². The van der Waals surface area contributed by atoms with Crippen LogP contribution in [0.4, 0.5) is 0 Å². The van der Waals surface area contributed by atoms with Crippen LogP contribution in [0.5, 0.6) is 0 Å². The van der Waals surface area contributed by atoms with Gasteiger partial charge in [-0.15, -0.1) is 0 Å². The second-order valence-electron chi connectivity index (χ2n) is 2.96. The summed E-state index contributed by atoms with van der Waals surface area (Å²) in [6, 6.07) is 7.50. The minimum Gasteiger partial charge on any atom is -0.356 e. The molecule has 0 aliphatic heterocycles. The van der Waals surface area contributed by atoms with E-state index in [-0.39, 0.29) is 0 Å². The summed E-state index contributed by atoms with van der Waals surface area (Å²) >= 11 is 9.40. The van der Waals surface area contributed by atoms with Crippen LogP contribution in [-0.4, -0.2) is 5.16 Å². The highest BCUT2D eigenvalue weighted by atomic mass is 79.9. The molecule has 0 saturated carbocycles. The molecule has 0 fully saturated rings. The van der Waals surface area contributed by atoms with E-state index in [1.165, 1.54) is 0 Å². The molecular formula is C10H7BrClNO. The Kier molecular flexibility index (Phi) is 2.61. The van der Waals surface area contributed by atoms with Gasteiger partial charge in [-0.1, -0.05) is 32.7 Å². The molecule has 0 atom stereocenters. The van der Waals surface area contributed by atoms with Crippen molar-refractivity contribution in [3.63, 3.8) is 0 Å². The lowest BCUT2D eigenvalue weighted by atomic mass is 10.1. The van der Waals surface area contributed by atoms with Gasteiger partial charge in [0.2, 0.25) is 0 Å². The standard InChI is InChI=1S/C10H7BrClNO/c1-6-4-10(14-13-6)8-3-2-7(11)5-9(8)12/h2-5H,1H3. The molecule has 1 aromatic heterocycles. The van der Waals surface area contributed by atoms with Crippen molar-refractivity contribution in [1.29, 1.82) is 0 Å². The molecule has 72 valence electrons. The summed E-state index contributed by atoms with van der Waals surface area (Å²) in [5.74, 6) is 0.694. The molecule has 0 saturated heterocycles. The van der Waals surface area contributed by atoms with Crippen molar-refractivity contribution in [2.75, 3.05) is 0 Å². The largest absolute Gasteiger partial charge is 0.356 e. The summed E-state index contributed by atoms with van der Waals surface area (Å²) in [5.41, 5.74) is 1.70. The Hall–Kier alpha value is -0.800. The Morgan fingerprint density at radius 3 is 2.71 bits per heavy atom. The van der Waals surface area contributed by atoms with Crippen molar-refractivity contribution in [3.05, 3.63) is 39.5 Å². The first-order chi connectivity index (χ1) is 6.66. The molecule has 4 heteroatoms. The zero-order valence-electron chi connectivity index (χ0n) is 7.42. The Balaban J connectivity index is 2.52. The molecule has 2 aromatic rings. The molecule has 0 aliphatic rings. The van der Waals surface area contributed by atoms with Crippen LogP contribution >= 0.6 is 27.5 Å². The number of nitrogens with zero attached hydrogens (tertiary/aromatic N) is 1. The molecule has 0 aliphatic carbocycles. The number of hydrogen-bond acceptors (Lipinski definition) is 2. The van der Waals surface area contributed by atoms with Crippen molar-refractivity contribution in [2.45, 2.75) is 6.92 Å². The monoisotopic (exact) mass is 271 g/mol. The summed E-state index contributed by atoms with van der Waals surface area (Å²) in [6.45, 7) is 1.87. The van der Waals surface area contributed by atoms with Gasteiger partial charge in [0.1, 0.15) is 0 Å². The highest BCUT2D eigenvalue weighted by Gasteiger charge is 2.08. The van der Waals surface area contributed by atoms with Crippen LogP contribution in [0.3, 0.4) is 0 Å². The Morgan fingerprint density at radius 1 is 1.36 bits per heavy atom. The topological polar surface area (TPSA) is 26.0 Å². The number of hydrogen-bond donors (Lipinski definition) is 0. The first-order valence-corrected chi connectivity index (χ1v) is 5.22. The molecule has 0 N–H and O–H groups in total. The molecule has 0 spiro atoms. The zero-order chi connectivity index (χ0) is 10.1. The van der Waals surface area contributed by atoms with Crippen LogP contribution in [0.1, 0.15) is 5.69 Å². The fourth-order valence-electron chi connectivity index (χ4n) is 1.18. The van der Waals surface area contributed by atoms with Gasteiger partial charge < -0.3 is 4.52 Å². The third-order valence-electron chi connectivity index (χ3n) is 1.82. The van der Waals surface area contributed by atoms with Crippen LogP contribution in [0.2, 0.25) is 5.02 Å². The molecule has 2 rings (SSSR count). The Labute approximate surface area is 95.0 Å². The number of aromatic nitrogens is 1. The minimum atomic E-state index is 0.649. The van der Waals surface area contributed by atoms with E-state index in [0.717, 1.165) is 15.7 Å². The van der Waals surface area contributed by atoms with Crippen molar-refractivity contribution in [1.82, 2.24) is 5.16 Å². The molecule has 0 radical (unpaired) electrons. The smallest absolute Gasteiger partial charge is 0.168 e. The van der Waals surface area contributed by atoms with Gasteiger partial charge in [-0.05, 0) is 25.1 Å². The van der Waals surface area contributed by atoms with Crippen LogP contribution in [0.15, 0.2) is 33.3 Å². The van der Waals surface area contributed by atoms with Crippen LogP contribution in [-0.2, 0) is 0 Å². The summed E-state index contributed by atoms with van der Waals surface area (Å²) in [7, 11) is 0. The summed E-state index contributed by atoms with van der Waals surface area (Å²) < 4.78 is 6.07. The number of halogens is 2. The molecule has 1 heterocycles. The van der Waals surface area contributed by atoms with E-state index in [9.17, 15) is 0 Å². The Bertz CT molecular complexity index is 467. The molecule has 0 amide bonds. The van der Waals surface area contributed by atoms with Gasteiger partial charge in [-0.2, -0.15) is 0 Å². The quantitative estimate of drug-likeness (QED) is 0.782. The van der Waals surface area contributed by atoms with E-state index in [2.05, 4.69) is 21.1 Å². The lowest BCUT2D eigenvalue weighted by Gasteiger charge is -1.99. The maximum atomic E-state index is 6.06. The predicted octanol–water partition coefficient (Wildman–Crippen LogP) is 4.07. The van der Waals surface area contributed by atoms with Gasteiger partial charge in [0.15, 0.2) is 5.76 Å². The zero-order valence-corrected chi connectivity index (χ0v) is 9.76. The average Bonchev–Trinajstić information content (AvgIpc) is 2.51. The second-order valence-corrected chi connectivity index (χ2v) is 4.28. The SMILES string of the molecule is Cc1cc(-c2ccc(Br)cc2Cl)on1. The number of rotatable bonds is 1. The number of aryl methyl sites for hydroxylation is 1. The molecular weight excluding hydrogens is 265 g/mol. The molecule has 0 unspecified atom stereocenters. The van der Waals surface area contributed by atoms with Gasteiger partial charge in [0.25, 0.3) is 0 Å². The molecule has 14 heavy (non-hydrogen) atoms. The highest BCUT2D eigenvalue weighted by Crippen LogP contribution is 2.30. The average molecular weight is 273 g/mol. The summed E-state index contributed by atoms with van der Waals surface area (Å²) in [6.07, 6.45) is 0. The van der Waals surface area contributed by atoms with Gasteiger partial charge in [0, 0.05) is 16.1 Å². The van der Waals surface area contributed by atoms with Crippen molar-refractivity contribution in [3.8, 4) is 11.3 Å². The Morgan fingerprint density at radius 2 is 2.14 bits per heavy atom. The number of benzene rings is 1. The molecule has 2 nitrogen and oxygen atoms in total. The normalized spacial score (nSPS) is 10.5. The van der Waals surface area contributed by atoms with Gasteiger partial charge >= 0.3 is 0 Å². The third kappa shape index (κ3) is 1.83. The van der Waals surface area contributed by atoms with E-state index in [4.69, 9.17) is 16.1 Å². The summed E-state index contributed by atoms with van der Waals surface area (Å²) in [5, 5.41) is 4.46. The first-order valence-electron chi connectivity index (χ1n) is 4.05. The highest BCUT2D eigenvalue weighted by molar-refractivity contribution is 9.10. The predicted molar refractivity (Wildman–Crippen MR) is 59.4 cm³/mol.